The zero-order chi connectivity index (χ0) is 14.0. The van der Waals surface area contributed by atoms with Crippen LogP contribution in [0.5, 0.6) is 0 Å². The average Bonchev–Trinajstić information content (AvgIpc) is 2.30. The Bertz CT molecular complexity index is 539. The predicted octanol–water partition coefficient (Wildman–Crippen LogP) is 1.97. The lowest BCUT2D eigenvalue weighted by Crippen LogP contribution is -2.41. The third-order valence-corrected chi connectivity index (χ3v) is 5.13. The minimum Gasteiger partial charge on any atom is -0.325 e. The minimum atomic E-state index is -4.07. The van der Waals surface area contributed by atoms with E-state index in [1.807, 2.05) is 0 Å². The van der Waals surface area contributed by atoms with Gasteiger partial charge in [-0.2, -0.15) is 0 Å². The first-order chi connectivity index (χ1) is 8.19. The van der Waals surface area contributed by atoms with Gasteiger partial charge in [0.2, 0.25) is 10.0 Å². The van der Waals surface area contributed by atoms with E-state index < -0.39 is 29.0 Å². The number of hydrogen-bond acceptors (Lipinski definition) is 3. The van der Waals surface area contributed by atoms with Crippen LogP contribution in [0.2, 0.25) is 5.02 Å². The summed E-state index contributed by atoms with van der Waals surface area (Å²) in [6, 6.07) is 4.13. The van der Waals surface area contributed by atoms with Crippen LogP contribution in [0.1, 0.15) is 0 Å². The van der Waals surface area contributed by atoms with Gasteiger partial charge in [-0.25, -0.2) is 21.9 Å². The van der Waals surface area contributed by atoms with Crippen LogP contribution in [0.15, 0.2) is 27.6 Å². The molecule has 3 N–H and O–H groups in total. The molecule has 4 nitrogen and oxygen atoms in total. The van der Waals surface area contributed by atoms with Crippen LogP contribution >= 0.6 is 27.5 Å². The Labute approximate surface area is 117 Å². The number of rotatable bonds is 5. The highest BCUT2D eigenvalue weighted by molar-refractivity contribution is 9.10. The third-order valence-electron chi connectivity index (χ3n) is 2.03. The molecule has 0 heterocycles. The number of nitrogens with two attached hydrogens (primary N) is 1. The molecular weight excluding hydrogens is 354 g/mol. The quantitative estimate of drug-likeness (QED) is 0.840. The molecule has 0 aliphatic carbocycles. The molecule has 18 heavy (non-hydrogen) atoms. The maximum absolute atomic E-state index is 12.9. The zero-order valence-electron chi connectivity index (χ0n) is 8.96. The largest absolute Gasteiger partial charge is 0.325 e. The second-order valence-electron chi connectivity index (χ2n) is 3.44. The monoisotopic (exact) mass is 362 g/mol. The summed E-state index contributed by atoms with van der Waals surface area (Å²) in [4.78, 5) is -0.206. The molecule has 1 aromatic carbocycles. The van der Waals surface area contributed by atoms with Crippen molar-refractivity contribution in [3.05, 3.63) is 27.7 Å². The SMILES string of the molecule is NCC(F)(F)CNS(=O)(=O)c1cccc(Cl)c1Br. The molecular formula is C9H10BrClF2N2O2S. The fourth-order valence-electron chi connectivity index (χ4n) is 1.04. The van der Waals surface area contributed by atoms with Crippen molar-refractivity contribution in [2.45, 2.75) is 10.8 Å². The number of hydrogen-bond donors (Lipinski definition) is 2. The highest BCUT2D eigenvalue weighted by Crippen LogP contribution is 2.29. The Morgan fingerprint density at radius 1 is 1.44 bits per heavy atom. The Morgan fingerprint density at radius 2 is 2.06 bits per heavy atom. The van der Waals surface area contributed by atoms with Gasteiger partial charge in [-0.3, -0.25) is 0 Å². The first-order valence-corrected chi connectivity index (χ1v) is 7.36. The summed E-state index contributed by atoms with van der Waals surface area (Å²) in [5.41, 5.74) is 4.81. The molecule has 9 heteroatoms. The fraction of sp³-hybridized carbons (Fsp3) is 0.333. The lowest BCUT2D eigenvalue weighted by molar-refractivity contribution is 0.0170. The van der Waals surface area contributed by atoms with E-state index in [-0.39, 0.29) is 14.4 Å². The van der Waals surface area contributed by atoms with Crippen LogP contribution < -0.4 is 10.5 Å². The van der Waals surface area contributed by atoms with Gasteiger partial charge in [-0.05, 0) is 28.1 Å². The lowest BCUT2D eigenvalue weighted by Gasteiger charge is -2.15. The lowest BCUT2D eigenvalue weighted by atomic mass is 10.3. The van der Waals surface area contributed by atoms with Gasteiger partial charge >= 0.3 is 0 Å². The second-order valence-corrected chi connectivity index (χ2v) is 6.37. The highest BCUT2D eigenvalue weighted by Gasteiger charge is 2.30. The summed E-state index contributed by atoms with van der Waals surface area (Å²) in [6.45, 7) is -2.00. The maximum Gasteiger partial charge on any atom is 0.273 e. The molecule has 1 aromatic rings. The Kier molecular flexibility index (Phi) is 5.07. The van der Waals surface area contributed by atoms with Crippen molar-refractivity contribution in [2.75, 3.05) is 13.1 Å². The number of nitrogens with one attached hydrogen (secondary N) is 1. The van der Waals surface area contributed by atoms with Crippen LogP contribution in [0.3, 0.4) is 0 Å². The van der Waals surface area contributed by atoms with Gasteiger partial charge in [0.1, 0.15) is 0 Å². The number of halogens is 4. The Balaban J connectivity index is 2.98. The molecule has 0 saturated heterocycles. The zero-order valence-corrected chi connectivity index (χ0v) is 12.1. The van der Waals surface area contributed by atoms with Gasteiger partial charge in [-0.1, -0.05) is 17.7 Å². The summed E-state index contributed by atoms with van der Waals surface area (Å²) in [5, 5.41) is 0.170. The third kappa shape index (κ3) is 3.86. The standard InChI is InChI=1S/C9H10BrClF2N2O2S/c10-8-6(11)2-1-3-7(8)18(16,17)15-5-9(12,13)4-14/h1-3,15H,4-5,14H2. The normalized spacial score (nSPS) is 12.7. The smallest absolute Gasteiger partial charge is 0.273 e. The highest BCUT2D eigenvalue weighted by atomic mass is 79.9. The van der Waals surface area contributed by atoms with E-state index in [4.69, 9.17) is 17.3 Å². The number of alkyl halides is 2. The van der Waals surface area contributed by atoms with Crippen LogP contribution in [-0.4, -0.2) is 27.4 Å². The number of sulfonamides is 1. The van der Waals surface area contributed by atoms with Gasteiger partial charge < -0.3 is 5.73 Å². The van der Waals surface area contributed by atoms with Gasteiger partial charge in [0.05, 0.1) is 27.5 Å². The summed E-state index contributed by atoms with van der Waals surface area (Å²) in [5.74, 6) is -3.29. The molecule has 102 valence electrons. The van der Waals surface area contributed by atoms with Crippen LogP contribution in [0.25, 0.3) is 0 Å². The van der Waals surface area contributed by atoms with Crippen molar-refractivity contribution in [1.82, 2.24) is 4.72 Å². The van der Waals surface area contributed by atoms with Crippen molar-refractivity contribution in [2.24, 2.45) is 5.73 Å². The molecule has 0 saturated carbocycles. The molecule has 0 unspecified atom stereocenters. The molecule has 0 aliphatic rings. The number of benzene rings is 1. The first-order valence-electron chi connectivity index (χ1n) is 4.71. The predicted molar refractivity (Wildman–Crippen MR) is 68.3 cm³/mol. The summed E-state index contributed by atoms with van der Waals surface area (Å²) < 4.78 is 51.3. The molecule has 0 atom stereocenters. The summed E-state index contributed by atoms with van der Waals surface area (Å²) in [6.07, 6.45) is 0. The van der Waals surface area contributed by atoms with E-state index in [0.717, 1.165) is 0 Å². The molecule has 0 aromatic heterocycles. The Hall–Kier alpha value is -0.280. The van der Waals surface area contributed by atoms with E-state index in [9.17, 15) is 17.2 Å². The molecule has 0 amide bonds. The maximum atomic E-state index is 12.9. The summed E-state index contributed by atoms with van der Waals surface area (Å²) >= 11 is 8.72. The van der Waals surface area contributed by atoms with E-state index in [0.29, 0.717) is 0 Å². The van der Waals surface area contributed by atoms with Gasteiger partial charge in [0.15, 0.2) is 0 Å². The summed E-state index contributed by atoms with van der Waals surface area (Å²) in [7, 11) is -4.07. The molecule has 0 radical (unpaired) electrons. The average molecular weight is 364 g/mol. The molecule has 1 rings (SSSR count). The van der Waals surface area contributed by atoms with Gasteiger partial charge in [-0.15, -0.1) is 0 Å². The Morgan fingerprint density at radius 3 is 2.61 bits per heavy atom. The molecule has 0 aliphatic heterocycles. The van der Waals surface area contributed by atoms with Crippen molar-refractivity contribution in [1.29, 1.82) is 0 Å². The van der Waals surface area contributed by atoms with Crippen LogP contribution in [-0.2, 0) is 10.0 Å². The molecule has 0 spiro atoms. The van der Waals surface area contributed by atoms with Crippen molar-refractivity contribution < 1.29 is 17.2 Å². The van der Waals surface area contributed by atoms with Crippen LogP contribution in [0, 0.1) is 0 Å². The minimum absolute atomic E-state index is 0.121. The van der Waals surface area contributed by atoms with Gasteiger partial charge in [0, 0.05) is 0 Å². The second kappa shape index (κ2) is 5.79. The molecule has 0 fully saturated rings. The first kappa shape index (κ1) is 15.8. The van der Waals surface area contributed by atoms with Crippen molar-refractivity contribution in [3.63, 3.8) is 0 Å². The van der Waals surface area contributed by atoms with E-state index in [2.05, 4.69) is 15.9 Å². The topological polar surface area (TPSA) is 72.2 Å². The van der Waals surface area contributed by atoms with Gasteiger partial charge in [0.25, 0.3) is 5.92 Å². The van der Waals surface area contributed by atoms with E-state index in [1.54, 1.807) is 4.72 Å². The van der Waals surface area contributed by atoms with Crippen molar-refractivity contribution in [3.8, 4) is 0 Å². The van der Waals surface area contributed by atoms with E-state index in [1.165, 1.54) is 18.2 Å². The van der Waals surface area contributed by atoms with E-state index >= 15 is 0 Å². The molecule has 0 bridgehead atoms. The van der Waals surface area contributed by atoms with Crippen molar-refractivity contribution >= 4 is 37.6 Å². The fourth-order valence-corrected chi connectivity index (χ4v) is 3.34. The van der Waals surface area contributed by atoms with Crippen LogP contribution in [0.4, 0.5) is 8.78 Å².